The molecule has 0 unspecified atom stereocenters. The molecule has 0 aliphatic rings. The molecule has 0 aliphatic heterocycles. The zero-order valence-corrected chi connectivity index (χ0v) is 23.5. The van der Waals surface area contributed by atoms with Gasteiger partial charge in [0.2, 0.25) is 0 Å². The molecule has 16 nitrogen and oxygen atoms in total. The fourth-order valence-electron chi connectivity index (χ4n) is 2.39. The van der Waals surface area contributed by atoms with Crippen molar-refractivity contribution >= 4 is 46.2 Å². The average Bonchev–Trinajstić information content (AvgIpc) is 2.92. The van der Waals surface area contributed by atoms with Gasteiger partial charge in [0.15, 0.2) is 51.7 Å². The Kier molecular flexibility index (Phi) is 15.1. The van der Waals surface area contributed by atoms with E-state index in [1.807, 2.05) is 0 Å². The number of nitrogens with two attached hydrogens (primary N) is 1. The van der Waals surface area contributed by atoms with Crippen molar-refractivity contribution in [3.05, 3.63) is 53.1 Å². The second-order valence-electron chi connectivity index (χ2n) is 7.67. The lowest BCUT2D eigenvalue weighted by Gasteiger charge is -2.01. The van der Waals surface area contributed by atoms with Crippen LogP contribution in [0.5, 0.6) is 51.7 Å². The quantitative estimate of drug-likeness (QED) is 0.140. The van der Waals surface area contributed by atoms with E-state index in [4.69, 9.17) is 67.0 Å². The van der Waals surface area contributed by atoms with Crippen molar-refractivity contribution in [2.45, 2.75) is 13.3 Å². The Morgan fingerprint density at radius 2 is 0.791 bits per heavy atom. The van der Waals surface area contributed by atoms with Crippen LogP contribution in [-0.4, -0.2) is 89.3 Å². The van der Waals surface area contributed by atoms with Gasteiger partial charge in [0.25, 0.3) is 0 Å². The Bertz CT molecular complexity index is 1250. The summed E-state index contributed by atoms with van der Waals surface area (Å²) in [6.07, 6.45) is 1.14. The van der Waals surface area contributed by atoms with Gasteiger partial charge in [0, 0.05) is 0 Å². The molecule has 14 N–H and O–H groups in total. The van der Waals surface area contributed by atoms with E-state index in [9.17, 15) is 14.4 Å². The van der Waals surface area contributed by atoms with Crippen LogP contribution >= 0.6 is 24.0 Å². The zero-order chi connectivity index (χ0) is 33.6. The first-order valence-electron chi connectivity index (χ1n) is 11.2. The molecule has 234 valence electrons. The molecule has 0 amide bonds. The summed E-state index contributed by atoms with van der Waals surface area (Å²) in [6.45, 7) is 2.10. The number of thiocarbonyl (C=S) groups is 1. The van der Waals surface area contributed by atoms with E-state index in [0.717, 1.165) is 48.6 Å². The third-order valence-corrected chi connectivity index (χ3v) is 5.65. The first-order chi connectivity index (χ1) is 19.8. The third-order valence-electron chi connectivity index (χ3n) is 4.40. The largest absolute Gasteiger partial charge is 0.504 e. The van der Waals surface area contributed by atoms with Gasteiger partial charge in [-0.2, -0.15) is 0 Å². The number of phenols is 9. The molecular formula is C25H27NO15S2. The lowest BCUT2D eigenvalue weighted by atomic mass is 10.2. The van der Waals surface area contributed by atoms with Crippen LogP contribution in [0, 0.1) is 0 Å². The highest BCUT2D eigenvalue weighted by atomic mass is 32.2. The minimum absolute atomic E-state index is 0.289. The van der Waals surface area contributed by atoms with Crippen LogP contribution in [0.4, 0.5) is 0 Å². The molecule has 0 saturated carbocycles. The smallest absolute Gasteiger partial charge is 0.335 e. The Hall–Kier alpha value is -5.49. The van der Waals surface area contributed by atoms with Gasteiger partial charge < -0.3 is 67.0 Å². The van der Waals surface area contributed by atoms with Crippen LogP contribution in [0.2, 0.25) is 0 Å². The van der Waals surface area contributed by atoms with Crippen LogP contribution < -0.4 is 5.73 Å². The fourth-order valence-corrected chi connectivity index (χ4v) is 3.04. The number of carbonyl (C=O) groups is 3. The topological polar surface area (TPSA) is 320 Å². The number of aromatic hydroxyl groups is 9. The second-order valence-corrected chi connectivity index (χ2v) is 9.51. The number of carboxylic acid groups (broad SMARTS) is 3. The van der Waals surface area contributed by atoms with E-state index in [-0.39, 0.29) is 16.7 Å². The van der Waals surface area contributed by atoms with Crippen molar-refractivity contribution in [3.8, 4) is 51.7 Å². The van der Waals surface area contributed by atoms with Crippen LogP contribution in [0.3, 0.4) is 0 Å². The molecule has 0 radical (unpaired) electrons. The SMILES string of the molecule is CCCSC(N)=S.O=C(O)c1cc(O)c(O)c(O)c1.O=C(O)c1cc(O)c(O)c(O)c1.O=C(O)c1cc(O)c(O)c(O)c1. The summed E-state index contributed by atoms with van der Waals surface area (Å²) in [5.74, 6) is -8.95. The van der Waals surface area contributed by atoms with Crippen molar-refractivity contribution in [2.24, 2.45) is 5.73 Å². The minimum Gasteiger partial charge on any atom is -0.504 e. The van der Waals surface area contributed by atoms with Crippen molar-refractivity contribution < 1.29 is 75.7 Å². The number of carboxylic acids is 3. The van der Waals surface area contributed by atoms with Crippen molar-refractivity contribution in [1.82, 2.24) is 0 Å². The van der Waals surface area contributed by atoms with Gasteiger partial charge in [-0.3, -0.25) is 0 Å². The van der Waals surface area contributed by atoms with E-state index in [0.29, 0.717) is 4.32 Å². The first kappa shape index (κ1) is 37.5. The summed E-state index contributed by atoms with van der Waals surface area (Å²) in [6, 6.07) is 5.07. The molecule has 0 bridgehead atoms. The molecule has 0 saturated heterocycles. The summed E-state index contributed by atoms with van der Waals surface area (Å²) in [7, 11) is 0. The molecule has 3 aromatic carbocycles. The van der Waals surface area contributed by atoms with Gasteiger partial charge in [-0.05, 0) is 48.6 Å². The predicted molar refractivity (Wildman–Crippen MR) is 155 cm³/mol. The highest BCUT2D eigenvalue weighted by Crippen LogP contribution is 2.36. The van der Waals surface area contributed by atoms with Gasteiger partial charge in [0.1, 0.15) is 4.32 Å². The van der Waals surface area contributed by atoms with E-state index in [2.05, 4.69) is 19.1 Å². The predicted octanol–water partition coefficient (Wildman–Crippen LogP) is 2.88. The van der Waals surface area contributed by atoms with E-state index >= 15 is 0 Å². The molecule has 0 aromatic heterocycles. The van der Waals surface area contributed by atoms with Crippen molar-refractivity contribution in [2.75, 3.05) is 5.75 Å². The summed E-state index contributed by atoms with van der Waals surface area (Å²) < 4.78 is 0.557. The van der Waals surface area contributed by atoms with Crippen molar-refractivity contribution in [3.63, 3.8) is 0 Å². The van der Waals surface area contributed by atoms with Gasteiger partial charge in [-0.25, -0.2) is 14.4 Å². The number of thioether (sulfide) groups is 1. The van der Waals surface area contributed by atoms with Gasteiger partial charge in [-0.1, -0.05) is 30.9 Å². The van der Waals surface area contributed by atoms with Crippen LogP contribution in [0.25, 0.3) is 0 Å². The molecule has 0 heterocycles. The highest BCUT2D eigenvalue weighted by molar-refractivity contribution is 8.22. The minimum atomic E-state index is -1.29. The summed E-state index contributed by atoms with van der Waals surface area (Å²) in [5, 5.41) is 105. The molecule has 18 heteroatoms. The summed E-state index contributed by atoms with van der Waals surface area (Å²) >= 11 is 6.14. The van der Waals surface area contributed by atoms with Gasteiger partial charge in [-0.15, -0.1) is 0 Å². The van der Waals surface area contributed by atoms with Crippen LogP contribution in [0.15, 0.2) is 36.4 Å². The lowest BCUT2D eigenvalue weighted by Crippen LogP contribution is -2.01. The number of hydrogen-bond donors (Lipinski definition) is 13. The maximum atomic E-state index is 10.3. The Morgan fingerprint density at radius 1 is 0.581 bits per heavy atom. The second kappa shape index (κ2) is 17.4. The third kappa shape index (κ3) is 12.7. The average molecular weight is 646 g/mol. The van der Waals surface area contributed by atoms with E-state index in [1.54, 1.807) is 11.8 Å². The molecule has 43 heavy (non-hydrogen) atoms. The first-order valence-corrected chi connectivity index (χ1v) is 12.6. The maximum absolute atomic E-state index is 10.3. The number of benzene rings is 3. The van der Waals surface area contributed by atoms with Gasteiger partial charge in [0.05, 0.1) is 16.7 Å². The maximum Gasteiger partial charge on any atom is 0.335 e. The monoisotopic (exact) mass is 645 g/mol. The standard InChI is InChI=1S/3C7H6O5.C4H9NS2/c3*8-4-1-3(7(11)12)2-5(9)6(4)10;1-2-3-7-4(5)6/h3*1-2,8-10H,(H,11,12);2-3H2,1H3,(H2,5,6). The van der Waals surface area contributed by atoms with Crippen molar-refractivity contribution in [1.29, 1.82) is 0 Å². The van der Waals surface area contributed by atoms with Gasteiger partial charge >= 0.3 is 17.9 Å². The zero-order valence-electron chi connectivity index (χ0n) is 21.9. The van der Waals surface area contributed by atoms with Crippen LogP contribution in [-0.2, 0) is 0 Å². The Balaban J connectivity index is 0.000000558. The molecule has 0 spiro atoms. The number of phenolic OH excluding ortho intramolecular Hbond substituents is 9. The number of hydrogen-bond acceptors (Lipinski definition) is 14. The van der Waals surface area contributed by atoms with Crippen LogP contribution in [0.1, 0.15) is 44.4 Å². The molecule has 3 aromatic rings. The van der Waals surface area contributed by atoms with E-state index < -0.39 is 69.7 Å². The fraction of sp³-hybridized carbons (Fsp3) is 0.120. The summed E-state index contributed by atoms with van der Waals surface area (Å²) in [4.78, 5) is 30.9. The Morgan fingerprint density at radius 3 is 0.907 bits per heavy atom. The molecular weight excluding hydrogens is 618 g/mol. The summed E-state index contributed by atoms with van der Waals surface area (Å²) in [5.41, 5.74) is 4.31. The Labute approximate surface area is 251 Å². The molecule has 0 fully saturated rings. The lowest BCUT2D eigenvalue weighted by molar-refractivity contribution is 0.0685. The number of aromatic carboxylic acids is 3. The molecule has 3 rings (SSSR count). The highest BCUT2D eigenvalue weighted by Gasteiger charge is 2.13. The molecule has 0 atom stereocenters. The number of rotatable bonds is 5. The molecule has 0 aliphatic carbocycles. The normalized spacial score (nSPS) is 9.51. The van der Waals surface area contributed by atoms with E-state index in [1.165, 1.54) is 0 Å².